The zero-order chi connectivity index (χ0) is 14.8. The molecule has 0 saturated carbocycles. The van der Waals surface area contributed by atoms with Crippen LogP contribution in [0.4, 0.5) is 0 Å². The molecule has 4 heteroatoms. The van der Waals surface area contributed by atoms with Crippen molar-refractivity contribution in [3.05, 3.63) is 69.7 Å². The number of hydrogen-bond acceptors (Lipinski definition) is 2. The van der Waals surface area contributed by atoms with Crippen molar-refractivity contribution in [1.82, 2.24) is 0 Å². The Morgan fingerprint density at radius 2 is 1.81 bits per heavy atom. The second-order valence-electron chi connectivity index (χ2n) is 4.50. The van der Waals surface area contributed by atoms with E-state index in [-0.39, 0.29) is 0 Å². The van der Waals surface area contributed by atoms with E-state index in [1.54, 1.807) is 18.2 Å². The number of rotatable bonds is 3. The standard InChI is InChI=1S/C17H10BrClO2/c18-17-14-4-2-1-3-11(14)6-8-15(17)21-16-9-13(19)7-5-12(16)10-20/h1-10H. The molecule has 0 aromatic heterocycles. The highest BCUT2D eigenvalue weighted by Gasteiger charge is 2.10. The molecule has 3 rings (SSSR count). The third kappa shape index (κ3) is 2.80. The monoisotopic (exact) mass is 360 g/mol. The van der Waals surface area contributed by atoms with Gasteiger partial charge < -0.3 is 4.74 Å². The minimum atomic E-state index is 0.438. The molecule has 0 atom stereocenters. The summed E-state index contributed by atoms with van der Waals surface area (Å²) < 4.78 is 6.70. The van der Waals surface area contributed by atoms with Gasteiger partial charge >= 0.3 is 0 Å². The van der Waals surface area contributed by atoms with E-state index in [0.29, 0.717) is 22.1 Å². The van der Waals surface area contributed by atoms with Crippen LogP contribution < -0.4 is 4.74 Å². The molecule has 0 fully saturated rings. The molecular formula is C17H10BrClO2. The van der Waals surface area contributed by atoms with Gasteiger partial charge in [-0.15, -0.1) is 0 Å². The number of aldehydes is 1. The first-order chi connectivity index (χ1) is 10.2. The largest absolute Gasteiger partial charge is 0.455 e. The molecule has 0 aliphatic carbocycles. The first-order valence-electron chi connectivity index (χ1n) is 6.29. The fraction of sp³-hybridized carbons (Fsp3) is 0. The number of carbonyl (C=O) groups excluding carboxylic acids is 1. The molecule has 3 aromatic rings. The summed E-state index contributed by atoms with van der Waals surface area (Å²) >= 11 is 9.53. The van der Waals surface area contributed by atoms with Crippen LogP contribution in [-0.4, -0.2) is 6.29 Å². The smallest absolute Gasteiger partial charge is 0.153 e. The Balaban J connectivity index is 2.08. The van der Waals surface area contributed by atoms with Crippen LogP contribution in [0, 0.1) is 0 Å². The van der Waals surface area contributed by atoms with E-state index in [1.807, 2.05) is 36.4 Å². The van der Waals surface area contributed by atoms with Gasteiger partial charge in [0.15, 0.2) is 6.29 Å². The minimum absolute atomic E-state index is 0.438. The number of halogens is 2. The highest BCUT2D eigenvalue weighted by Crippen LogP contribution is 2.37. The van der Waals surface area contributed by atoms with Crippen LogP contribution in [-0.2, 0) is 0 Å². The predicted molar refractivity (Wildman–Crippen MR) is 88.6 cm³/mol. The van der Waals surface area contributed by atoms with Crippen molar-refractivity contribution < 1.29 is 9.53 Å². The molecular weight excluding hydrogens is 352 g/mol. The highest BCUT2D eigenvalue weighted by atomic mass is 79.9. The fourth-order valence-electron chi connectivity index (χ4n) is 2.10. The third-order valence-electron chi connectivity index (χ3n) is 3.15. The summed E-state index contributed by atoms with van der Waals surface area (Å²) in [5.41, 5.74) is 0.458. The molecule has 0 unspecified atom stereocenters. The van der Waals surface area contributed by atoms with E-state index in [4.69, 9.17) is 16.3 Å². The molecule has 0 aliphatic rings. The van der Waals surface area contributed by atoms with Gasteiger partial charge in [0.2, 0.25) is 0 Å². The van der Waals surface area contributed by atoms with Crippen LogP contribution in [0.5, 0.6) is 11.5 Å². The summed E-state index contributed by atoms with van der Waals surface area (Å²) in [6.07, 6.45) is 0.751. The van der Waals surface area contributed by atoms with Crippen molar-refractivity contribution in [3.63, 3.8) is 0 Å². The van der Waals surface area contributed by atoms with Gasteiger partial charge in [-0.3, -0.25) is 4.79 Å². The van der Waals surface area contributed by atoms with Gasteiger partial charge in [0.05, 0.1) is 10.0 Å². The lowest BCUT2D eigenvalue weighted by Gasteiger charge is -2.11. The molecule has 0 spiro atoms. The second-order valence-corrected chi connectivity index (χ2v) is 5.73. The molecule has 104 valence electrons. The van der Waals surface area contributed by atoms with E-state index in [0.717, 1.165) is 21.5 Å². The average Bonchev–Trinajstić information content (AvgIpc) is 2.51. The van der Waals surface area contributed by atoms with E-state index in [9.17, 15) is 4.79 Å². The molecule has 0 radical (unpaired) electrons. The zero-order valence-corrected chi connectivity index (χ0v) is 13.2. The maximum atomic E-state index is 11.1. The Morgan fingerprint density at radius 1 is 1.00 bits per heavy atom. The van der Waals surface area contributed by atoms with Gasteiger partial charge in [-0.25, -0.2) is 0 Å². The summed E-state index contributed by atoms with van der Waals surface area (Å²) in [5, 5.41) is 2.68. The molecule has 3 aromatic carbocycles. The molecule has 21 heavy (non-hydrogen) atoms. The van der Waals surface area contributed by atoms with Gasteiger partial charge in [0.1, 0.15) is 11.5 Å². The number of hydrogen-bond donors (Lipinski definition) is 0. The molecule has 0 saturated heterocycles. The Morgan fingerprint density at radius 3 is 2.62 bits per heavy atom. The lowest BCUT2D eigenvalue weighted by atomic mass is 10.1. The predicted octanol–water partition coefficient (Wildman–Crippen LogP) is 5.86. The Bertz CT molecular complexity index is 830. The Labute approximate surface area is 135 Å². The molecule has 0 bridgehead atoms. The topological polar surface area (TPSA) is 26.3 Å². The lowest BCUT2D eigenvalue weighted by Crippen LogP contribution is -1.91. The molecule has 0 aliphatic heterocycles. The second kappa shape index (κ2) is 5.88. The van der Waals surface area contributed by atoms with Gasteiger partial charge in [-0.05, 0) is 44.9 Å². The Kier molecular flexibility index (Phi) is 3.95. The summed E-state index contributed by atoms with van der Waals surface area (Å²) in [6.45, 7) is 0. The molecule has 0 amide bonds. The highest BCUT2D eigenvalue weighted by molar-refractivity contribution is 9.10. The number of ether oxygens (including phenoxy) is 1. The Hall–Kier alpha value is -1.84. The van der Waals surface area contributed by atoms with E-state index < -0.39 is 0 Å². The minimum Gasteiger partial charge on any atom is -0.455 e. The summed E-state index contributed by atoms with van der Waals surface area (Å²) in [4.78, 5) is 11.1. The van der Waals surface area contributed by atoms with Gasteiger partial charge in [0, 0.05) is 11.1 Å². The van der Waals surface area contributed by atoms with Crippen molar-refractivity contribution in [2.24, 2.45) is 0 Å². The quantitative estimate of drug-likeness (QED) is 0.546. The maximum Gasteiger partial charge on any atom is 0.153 e. The number of fused-ring (bicyclic) bond motifs is 1. The zero-order valence-electron chi connectivity index (χ0n) is 10.8. The fourth-order valence-corrected chi connectivity index (χ4v) is 2.84. The van der Waals surface area contributed by atoms with Crippen LogP contribution in [0.3, 0.4) is 0 Å². The summed E-state index contributed by atoms with van der Waals surface area (Å²) in [7, 11) is 0. The van der Waals surface area contributed by atoms with Crippen LogP contribution in [0.15, 0.2) is 59.1 Å². The third-order valence-corrected chi connectivity index (χ3v) is 4.20. The van der Waals surface area contributed by atoms with E-state index in [1.165, 1.54) is 0 Å². The summed E-state index contributed by atoms with van der Waals surface area (Å²) in [6, 6.07) is 16.7. The van der Waals surface area contributed by atoms with Gasteiger partial charge in [0.25, 0.3) is 0 Å². The van der Waals surface area contributed by atoms with Crippen molar-refractivity contribution in [2.45, 2.75) is 0 Å². The first kappa shape index (κ1) is 14.1. The summed E-state index contributed by atoms with van der Waals surface area (Å²) in [5.74, 6) is 1.08. The number of carbonyl (C=O) groups is 1. The van der Waals surface area contributed by atoms with E-state index in [2.05, 4.69) is 15.9 Å². The molecule has 0 heterocycles. The van der Waals surface area contributed by atoms with Gasteiger partial charge in [-0.1, -0.05) is 41.9 Å². The molecule has 0 N–H and O–H groups in total. The maximum absolute atomic E-state index is 11.1. The van der Waals surface area contributed by atoms with Crippen molar-refractivity contribution >= 4 is 44.6 Å². The van der Waals surface area contributed by atoms with Crippen LogP contribution >= 0.6 is 27.5 Å². The van der Waals surface area contributed by atoms with Crippen molar-refractivity contribution in [2.75, 3.05) is 0 Å². The van der Waals surface area contributed by atoms with Crippen molar-refractivity contribution in [3.8, 4) is 11.5 Å². The normalized spacial score (nSPS) is 10.6. The number of benzene rings is 3. The SMILES string of the molecule is O=Cc1ccc(Cl)cc1Oc1ccc2ccccc2c1Br. The van der Waals surface area contributed by atoms with Crippen LogP contribution in [0.1, 0.15) is 10.4 Å². The van der Waals surface area contributed by atoms with Crippen molar-refractivity contribution in [1.29, 1.82) is 0 Å². The molecule has 2 nitrogen and oxygen atoms in total. The first-order valence-corrected chi connectivity index (χ1v) is 7.46. The van der Waals surface area contributed by atoms with Gasteiger partial charge in [-0.2, -0.15) is 0 Å². The van der Waals surface area contributed by atoms with E-state index >= 15 is 0 Å². The average molecular weight is 362 g/mol. The lowest BCUT2D eigenvalue weighted by molar-refractivity contribution is 0.112. The van der Waals surface area contributed by atoms with Crippen LogP contribution in [0.25, 0.3) is 10.8 Å². The van der Waals surface area contributed by atoms with Crippen LogP contribution in [0.2, 0.25) is 5.02 Å².